The fourth-order valence-corrected chi connectivity index (χ4v) is 4.42. The molecule has 2 aromatic carbocycles. The Hall–Kier alpha value is -3.12. The first-order chi connectivity index (χ1) is 14.8. The summed E-state index contributed by atoms with van der Waals surface area (Å²) in [5.41, 5.74) is 6.08. The summed E-state index contributed by atoms with van der Waals surface area (Å²) in [6, 6.07) is 20.8. The molecule has 31 heavy (non-hydrogen) atoms. The van der Waals surface area contributed by atoms with Crippen molar-refractivity contribution in [1.82, 2.24) is 4.98 Å². The number of fused-ring (bicyclic) bond motifs is 2. The number of amidine groups is 1. The lowest BCUT2D eigenvalue weighted by Crippen LogP contribution is -3.09. The Kier molecular flexibility index (Phi) is 5.02. The third-order valence-electron chi connectivity index (χ3n) is 6.12. The van der Waals surface area contributed by atoms with Gasteiger partial charge in [-0.05, 0) is 25.0 Å². The second kappa shape index (κ2) is 7.85. The van der Waals surface area contributed by atoms with Crippen molar-refractivity contribution in [1.29, 1.82) is 0 Å². The van der Waals surface area contributed by atoms with Crippen molar-refractivity contribution in [2.24, 2.45) is 15.9 Å². The van der Waals surface area contributed by atoms with E-state index in [1.807, 2.05) is 36.8 Å². The normalized spacial score (nSPS) is 23.9. The summed E-state index contributed by atoms with van der Waals surface area (Å²) < 4.78 is 0. The zero-order chi connectivity index (χ0) is 20.1. The minimum atomic E-state index is -0.201. The van der Waals surface area contributed by atoms with Crippen molar-refractivity contribution < 1.29 is 22.4 Å². The van der Waals surface area contributed by atoms with Crippen LogP contribution in [-0.4, -0.2) is 28.2 Å². The minimum Gasteiger partial charge on any atom is -1.00 e. The van der Waals surface area contributed by atoms with E-state index in [2.05, 4.69) is 47.5 Å². The van der Waals surface area contributed by atoms with E-state index < -0.39 is 0 Å². The van der Waals surface area contributed by atoms with Crippen LogP contribution < -0.4 is 17.3 Å². The van der Waals surface area contributed by atoms with Crippen LogP contribution in [0.3, 0.4) is 0 Å². The molecular weight excluding hydrogens is 408 g/mol. The van der Waals surface area contributed by atoms with Gasteiger partial charge in [-0.2, -0.15) is 4.99 Å². The summed E-state index contributed by atoms with van der Waals surface area (Å²) >= 11 is 0. The molecule has 2 N–H and O–H groups in total. The maximum atomic E-state index is 9.77. The Morgan fingerprint density at radius 3 is 2.55 bits per heavy atom. The number of aliphatic hydroxyl groups excluding tert-OH is 1. The maximum Gasteiger partial charge on any atom is 0.215 e. The van der Waals surface area contributed by atoms with Crippen LogP contribution in [-0.2, 0) is 0 Å². The molecule has 154 valence electrons. The SMILES string of the molecule is OC1CC(C2=NC(c3ccc4ccc(-c5ccccc5)nc4c3)=C3C=NC=C[NH+]23)C1.[Cl-]. The molecular formula is C25H21ClN4O. The van der Waals surface area contributed by atoms with Gasteiger partial charge in [-0.25, -0.2) is 9.88 Å². The highest BCUT2D eigenvalue weighted by Gasteiger charge is 2.42. The average molecular weight is 429 g/mol. The van der Waals surface area contributed by atoms with E-state index in [0.717, 1.165) is 62.7 Å². The number of aliphatic hydroxyl groups is 1. The number of rotatable bonds is 3. The van der Waals surface area contributed by atoms with Gasteiger partial charge in [0, 0.05) is 16.5 Å². The van der Waals surface area contributed by atoms with E-state index >= 15 is 0 Å². The molecule has 1 atom stereocenters. The van der Waals surface area contributed by atoms with E-state index in [4.69, 9.17) is 9.98 Å². The molecule has 1 aliphatic carbocycles. The highest BCUT2D eigenvalue weighted by Crippen LogP contribution is 2.32. The fraction of sp³-hybridized carbons (Fsp3) is 0.160. The molecule has 1 fully saturated rings. The number of allylic oxidation sites excluding steroid dienone is 1. The van der Waals surface area contributed by atoms with Crippen LogP contribution in [0.1, 0.15) is 18.4 Å². The molecule has 2 aliphatic heterocycles. The second-order valence-corrected chi connectivity index (χ2v) is 8.06. The Labute approximate surface area is 186 Å². The van der Waals surface area contributed by atoms with Gasteiger partial charge in [0.15, 0.2) is 5.70 Å². The van der Waals surface area contributed by atoms with Crippen molar-refractivity contribution >= 4 is 28.7 Å². The van der Waals surface area contributed by atoms with Crippen molar-refractivity contribution in [3.63, 3.8) is 0 Å². The lowest BCUT2D eigenvalue weighted by Gasteiger charge is -2.31. The number of benzene rings is 2. The van der Waals surface area contributed by atoms with Crippen LogP contribution >= 0.6 is 0 Å². The number of pyridine rings is 1. The van der Waals surface area contributed by atoms with Crippen molar-refractivity contribution in [3.05, 3.63) is 84.3 Å². The molecule has 1 unspecified atom stereocenters. The smallest absolute Gasteiger partial charge is 0.215 e. The number of hydrogen-bond donors (Lipinski definition) is 2. The topological polar surface area (TPSA) is 62.3 Å². The van der Waals surface area contributed by atoms with Gasteiger partial charge in [-0.3, -0.25) is 4.99 Å². The molecule has 0 radical (unpaired) electrons. The second-order valence-electron chi connectivity index (χ2n) is 8.06. The Morgan fingerprint density at radius 2 is 1.74 bits per heavy atom. The molecule has 0 saturated heterocycles. The standard InChI is InChI=1S/C25H20N4O.ClH/c30-20-12-19(13-20)25-28-24(23-15-26-10-11-29(23)25)18-7-6-17-8-9-21(27-22(17)14-18)16-4-2-1-3-5-16;/h1-11,14-15,19-20,30H,12-13H2;1H. The summed E-state index contributed by atoms with van der Waals surface area (Å²) in [7, 11) is 0. The summed E-state index contributed by atoms with van der Waals surface area (Å²) in [6.45, 7) is 0. The van der Waals surface area contributed by atoms with E-state index in [9.17, 15) is 5.11 Å². The van der Waals surface area contributed by atoms with Gasteiger partial charge in [-0.15, -0.1) is 0 Å². The lowest BCUT2D eigenvalue weighted by molar-refractivity contribution is -0.694. The summed E-state index contributed by atoms with van der Waals surface area (Å²) in [4.78, 5) is 15.4. The third kappa shape index (κ3) is 3.41. The van der Waals surface area contributed by atoms with Crippen LogP contribution in [0, 0.1) is 5.92 Å². The van der Waals surface area contributed by atoms with Crippen LogP contribution in [0.4, 0.5) is 0 Å². The molecule has 0 spiro atoms. The quantitative estimate of drug-likeness (QED) is 0.626. The Morgan fingerprint density at radius 1 is 0.935 bits per heavy atom. The number of aromatic nitrogens is 1. The molecule has 3 heterocycles. The summed E-state index contributed by atoms with van der Waals surface area (Å²) in [5, 5.41) is 10.9. The van der Waals surface area contributed by atoms with Gasteiger partial charge >= 0.3 is 0 Å². The van der Waals surface area contributed by atoms with E-state index in [-0.39, 0.29) is 18.5 Å². The Bertz CT molecular complexity index is 1270. The molecule has 5 nitrogen and oxygen atoms in total. The van der Waals surface area contributed by atoms with Crippen LogP contribution in [0.2, 0.25) is 0 Å². The first kappa shape index (κ1) is 19.8. The van der Waals surface area contributed by atoms with E-state index in [0.29, 0.717) is 5.92 Å². The van der Waals surface area contributed by atoms with Gasteiger partial charge in [0.25, 0.3) is 0 Å². The van der Waals surface area contributed by atoms with Crippen LogP contribution in [0.25, 0.3) is 27.9 Å². The molecule has 1 aromatic heterocycles. The van der Waals surface area contributed by atoms with Gasteiger partial charge in [0.1, 0.15) is 11.9 Å². The molecule has 3 aromatic rings. The monoisotopic (exact) mass is 428 g/mol. The highest BCUT2D eigenvalue weighted by atomic mass is 35.5. The highest BCUT2D eigenvalue weighted by molar-refractivity contribution is 6.00. The number of hydrogen-bond acceptors (Lipinski definition) is 4. The van der Waals surface area contributed by atoms with Crippen LogP contribution in [0.15, 0.2) is 88.7 Å². The first-order valence-corrected chi connectivity index (χ1v) is 10.3. The van der Waals surface area contributed by atoms with Gasteiger partial charge < -0.3 is 17.5 Å². The molecule has 0 amide bonds. The number of halogens is 1. The van der Waals surface area contributed by atoms with E-state index in [1.54, 1.807) is 0 Å². The average Bonchev–Trinajstić information content (AvgIpc) is 3.16. The van der Waals surface area contributed by atoms with Crippen molar-refractivity contribution in [3.8, 4) is 11.3 Å². The minimum absolute atomic E-state index is 0. The van der Waals surface area contributed by atoms with E-state index in [1.165, 1.54) is 0 Å². The zero-order valence-electron chi connectivity index (χ0n) is 16.7. The summed E-state index contributed by atoms with van der Waals surface area (Å²) in [6.07, 6.45) is 7.13. The number of quaternary nitrogens is 1. The van der Waals surface area contributed by atoms with Gasteiger partial charge in [0.2, 0.25) is 5.84 Å². The molecule has 6 rings (SSSR count). The largest absolute Gasteiger partial charge is 1.00 e. The van der Waals surface area contributed by atoms with Gasteiger partial charge in [0.05, 0.1) is 35.6 Å². The third-order valence-corrected chi connectivity index (χ3v) is 6.12. The van der Waals surface area contributed by atoms with Crippen molar-refractivity contribution in [2.75, 3.05) is 0 Å². The molecule has 0 bridgehead atoms. The number of nitrogens with one attached hydrogen (secondary N) is 1. The molecule has 3 aliphatic rings. The van der Waals surface area contributed by atoms with Crippen LogP contribution in [0.5, 0.6) is 0 Å². The number of aliphatic imine (C=N–C) groups is 2. The lowest BCUT2D eigenvalue weighted by atomic mass is 9.81. The predicted molar refractivity (Wildman–Crippen MR) is 119 cm³/mol. The van der Waals surface area contributed by atoms with Gasteiger partial charge in [-0.1, -0.05) is 48.5 Å². The zero-order valence-corrected chi connectivity index (χ0v) is 17.5. The predicted octanol–water partition coefficient (Wildman–Crippen LogP) is 0.198. The molecule has 1 saturated carbocycles. The number of nitrogens with zero attached hydrogens (tertiary/aromatic N) is 3. The maximum absolute atomic E-state index is 9.77. The summed E-state index contributed by atoms with van der Waals surface area (Å²) in [5.74, 6) is 1.40. The molecule has 6 heteroatoms. The fourth-order valence-electron chi connectivity index (χ4n) is 4.42. The first-order valence-electron chi connectivity index (χ1n) is 10.3. The Balaban J connectivity index is 0.00000204. The van der Waals surface area contributed by atoms with Crippen molar-refractivity contribution in [2.45, 2.75) is 18.9 Å².